The van der Waals surface area contributed by atoms with Crippen LogP contribution in [0.5, 0.6) is 0 Å². The normalized spacial score (nSPS) is 15.5. The Balaban J connectivity index is 1.39. The maximum absolute atomic E-state index is 14.8. The van der Waals surface area contributed by atoms with Gasteiger partial charge in [0.05, 0.1) is 42.0 Å². The van der Waals surface area contributed by atoms with Crippen LogP contribution in [0, 0.1) is 18.3 Å². The predicted molar refractivity (Wildman–Crippen MR) is 155 cm³/mol. The van der Waals surface area contributed by atoms with Gasteiger partial charge in [-0.2, -0.15) is 5.10 Å². The van der Waals surface area contributed by atoms with E-state index in [2.05, 4.69) is 9.94 Å². The van der Waals surface area contributed by atoms with E-state index >= 15 is 0 Å². The Labute approximate surface area is 237 Å². The molecule has 1 saturated heterocycles. The molecule has 0 aliphatic carbocycles. The third kappa shape index (κ3) is 4.99. The number of nitrogens with zero attached hydrogens (tertiary/aromatic N) is 7. The van der Waals surface area contributed by atoms with Crippen LogP contribution in [0.25, 0.3) is 49.2 Å². The number of carbonyl (C=O) groups is 1. The van der Waals surface area contributed by atoms with E-state index < -0.39 is 11.4 Å². The van der Waals surface area contributed by atoms with Crippen LogP contribution in [-0.2, 0) is 18.3 Å². The number of benzene rings is 2. The van der Waals surface area contributed by atoms with Gasteiger partial charge in [0.25, 0.3) is 0 Å². The van der Waals surface area contributed by atoms with E-state index in [1.54, 1.807) is 29.7 Å². The average Bonchev–Trinajstić information content (AvgIpc) is 3.66. The van der Waals surface area contributed by atoms with Crippen LogP contribution in [0.1, 0.15) is 27.2 Å². The van der Waals surface area contributed by atoms with Crippen LogP contribution in [0.2, 0.25) is 0 Å². The van der Waals surface area contributed by atoms with Gasteiger partial charge in [0, 0.05) is 43.2 Å². The summed E-state index contributed by atoms with van der Waals surface area (Å²) in [4.78, 5) is 27.3. The van der Waals surface area contributed by atoms with Gasteiger partial charge in [0.15, 0.2) is 0 Å². The molecule has 9 nitrogen and oxygen atoms in total. The molecule has 0 saturated carbocycles. The van der Waals surface area contributed by atoms with Crippen molar-refractivity contribution in [3.8, 4) is 22.4 Å². The number of imidazole rings is 1. The van der Waals surface area contributed by atoms with E-state index in [9.17, 15) is 9.18 Å². The molecule has 0 spiro atoms. The number of amides is 1. The van der Waals surface area contributed by atoms with Gasteiger partial charge in [0.1, 0.15) is 16.9 Å². The number of aromatic nitrogens is 5. The van der Waals surface area contributed by atoms with Gasteiger partial charge in [-0.1, -0.05) is 18.2 Å². The molecule has 3 aromatic heterocycles. The minimum absolute atomic E-state index is 0.0338. The molecule has 0 N–H and O–H groups in total. The molecular formula is C31H30FN7O2. The summed E-state index contributed by atoms with van der Waals surface area (Å²) in [5, 5.41) is 5.31. The zero-order valence-electron chi connectivity index (χ0n) is 23.4. The number of carbonyl (C=O) groups excluding carboxylic acids is 1. The highest BCUT2D eigenvalue weighted by atomic mass is 19.1. The molecule has 1 atom stereocenters. The lowest BCUT2D eigenvalue weighted by Gasteiger charge is -2.24. The van der Waals surface area contributed by atoms with Gasteiger partial charge in [-0.05, 0) is 56.9 Å². The number of pyridine rings is 1. The fraction of sp³-hybridized carbons (Fsp3) is 0.323. The Kier molecular flexibility index (Phi) is 6.45. The topological polar surface area (TPSA) is 82.4 Å². The SMILES string of the molecule is [C-]#[N+]c1ccc(-c2c(-c3ccc4c(cnn4C)c3)ncc3c2ncn3C[C@@H]2CCN(C(=O)OC(C)(C)C)C2)cc1F. The number of rotatable bonds is 4. The second kappa shape index (κ2) is 10.0. The van der Waals surface area contributed by atoms with Gasteiger partial charge in [-0.3, -0.25) is 9.67 Å². The van der Waals surface area contributed by atoms with Crippen LogP contribution in [0.15, 0.2) is 55.1 Å². The van der Waals surface area contributed by atoms with Crippen molar-refractivity contribution in [1.82, 2.24) is 29.2 Å². The second-order valence-electron chi connectivity index (χ2n) is 11.5. The number of hydrogen-bond acceptors (Lipinski definition) is 5. The van der Waals surface area contributed by atoms with Crippen molar-refractivity contribution in [1.29, 1.82) is 0 Å². The molecular weight excluding hydrogens is 521 g/mol. The van der Waals surface area contributed by atoms with Crippen LogP contribution >= 0.6 is 0 Å². The largest absolute Gasteiger partial charge is 0.444 e. The number of halogens is 1. The molecule has 1 aliphatic rings. The summed E-state index contributed by atoms with van der Waals surface area (Å²) in [5.74, 6) is -0.359. The van der Waals surface area contributed by atoms with Crippen molar-refractivity contribution in [3.05, 3.63) is 72.4 Å². The van der Waals surface area contributed by atoms with Gasteiger partial charge >= 0.3 is 6.09 Å². The van der Waals surface area contributed by atoms with Crippen LogP contribution in [-0.4, -0.2) is 54.0 Å². The van der Waals surface area contributed by atoms with E-state index in [0.717, 1.165) is 28.4 Å². The summed E-state index contributed by atoms with van der Waals surface area (Å²) >= 11 is 0. The monoisotopic (exact) mass is 551 g/mol. The highest BCUT2D eigenvalue weighted by Crippen LogP contribution is 2.38. The fourth-order valence-corrected chi connectivity index (χ4v) is 5.48. The predicted octanol–water partition coefficient (Wildman–Crippen LogP) is 6.60. The molecule has 1 fully saturated rings. The molecule has 5 aromatic rings. The van der Waals surface area contributed by atoms with E-state index in [-0.39, 0.29) is 17.7 Å². The summed E-state index contributed by atoms with van der Waals surface area (Å²) < 4.78 is 24.3. The molecule has 2 aromatic carbocycles. The average molecular weight is 552 g/mol. The third-order valence-corrected chi connectivity index (χ3v) is 7.44. The Hall–Kier alpha value is -4.78. The third-order valence-electron chi connectivity index (χ3n) is 7.44. The lowest BCUT2D eigenvalue weighted by molar-refractivity contribution is 0.0287. The summed E-state index contributed by atoms with van der Waals surface area (Å²) in [6.45, 7) is 14.8. The maximum atomic E-state index is 14.8. The first kappa shape index (κ1) is 26.4. The van der Waals surface area contributed by atoms with Gasteiger partial charge in [-0.25, -0.2) is 19.0 Å². The van der Waals surface area contributed by atoms with Gasteiger partial charge in [-0.15, -0.1) is 0 Å². The lowest BCUT2D eigenvalue weighted by atomic mass is 9.97. The number of ether oxygens (including phenoxy) is 1. The number of aryl methyl sites for hydroxylation is 1. The first-order valence-electron chi connectivity index (χ1n) is 13.5. The molecule has 1 aliphatic heterocycles. The minimum atomic E-state index is -0.587. The van der Waals surface area contributed by atoms with Crippen LogP contribution in [0.3, 0.4) is 0 Å². The molecule has 0 unspecified atom stereocenters. The molecule has 208 valence electrons. The molecule has 1 amide bonds. The van der Waals surface area contributed by atoms with E-state index in [1.165, 1.54) is 12.1 Å². The van der Waals surface area contributed by atoms with E-state index in [1.807, 2.05) is 55.3 Å². The summed E-state index contributed by atoms with van der Waals surface area (Å²) in [5.41, 5.74) is 4.74. The van der Waals surface area contributed by atoms with Crippen molar-refractivity contribution < 1.29 is 13.9 Å². The molecule has 41 heavy (non-hydrogen) atoms. The van der Waals surface area contributed by atoms with Crippen molar-refractivity contribution >= 4 is 33.7 Å². The molecule has 10 heteroatoms. The lowest BCUT2D eigenvalue weighted by Crippen LogP contribution is -2.35. The van der Waals surface area contributed by atoms with Crippen molar-refractivity contribution in [2.75, 3.05) is 13.1 Å². The summed E-state index contributed by atoms with van der Waals surface area (Å²) in [7, 11) is 1.89. The van der Waals surface area contributed by atoms with Crippen LogP contribution in [0.4, 0.5) is 14.9 Å². The van der Waals surface area contributed by atoms with Gasteiger partial charge < -0.3 is 14.2 Å². The Morgan fingerprint density at radius 2 is 1.93 bits per heavy atom. The Morgan fingerprint density at radius 1 is 1.12 bits per heavy atom. The molecule has 0 radical (unpaired) electrons. The van der Waals surface area contributed by atoms with Crippen LogP contribution < -0.4 is 0 Å². The quantitative estimate of drug-likeness (QED) is 0.235. The van der Waals surface area contributed by atoms with E-state index in [4.69, 9.17) is 21.3 Å². The first-order valence-corrected chi connectivity index (χ1v) is 13.5. The minimum Gasteiger partial charge on any atom is -0.444 e. The Bertz CT molecular complexity index is 1840. The second-order valence-corrected chi connectivity index (χ2v) is 11.5. The zero-order chi connectivity index (χ0) is 28.9. The standard InChI is InChI=1S/C31H30FN7O2/c1-31(2,3)41-30(40)38-11-10-19(16-38)17-39-18-35-29-26(39)15-34-28(21-7-9-25-22(12-21)14-36-37(25)5)27(29)20-6-8-24(33-4)23(32)13-20/h6-9,12-15,18-19H,10-11,16-17H2,1-3,5H3/t19-/m1/s1. The fourth-order valence-electron chi connectivity index (χ4n) is 5.48. The Morgan fingerprint density at radius 3 is 2.68 bits per heavy atom. The van der Waals surface area contributed by atoms with E-state index in [0.29, 0.717) is 42.0 Å². The smallest absolute Gasteiger partial charge is 0.410 e. The molecule has 0 bridgehead atoms. The summed E-state index contributed by atoms with van der Waals surface area (Å²) in [6, 6.07) is 10.6. The first-order chi connectivity index (χ1) is 19.6. The highest BCUT2D eigenvalue weighted by molar-refractivity contribution is 6.00. The van der Waals surface area contributed by atoms with Gasteiger partial charge in [0.2, 0.25) is 5.69 Å². The van der Waals surface area contributed by atoms with Crippen molar-refractivity contribution in [2.24, 2.45) is 13.0 Å². The number of likely N-dealkylation sites (tertiary alicyclic amines) is 1. The number of fused-ring (bicyclic) bond motifs is 2. The molecule has 6 rings (SSSR count). The summed E-state index contributed by atoms with van der Waals surface area (Å²) in [6.07, 6.45) is 5.95. The molecule has 4 heterocycles. The van der Waals surface area contributed by atoms with Crippen molar-refractivity contribution in [3.63, 3.8) is 0 Å². The number of hydrogen-bond donors (Lipinski definition) is 0. The maximum Gasteiger partial charge on any atom is 0.410 e. The highest BCUT2D eigenvalue weighted by Gasteiger charge is 2.30. The van der Waals surface area contributed by atoms with Crippen molar-refractivity contribution in [2.45, 2.75) is 39.3 Å². The zero-order valence-corrected chi connectivity index (χ0v) is 23.4.